The molecule has 2 atom stereocenters. The maximum atomic E-state index is 3.73. The third-order valence-electron chi connectivity index (χ3n) is 4.44. The second-order valence-electron chi connectivity index (χ2n) is 5.86. The van der Waals surface area contributed by atoms with Crippen LogP contribution in [0.4, 0.5) is 0 Å². The summed E-state index contributed by atoms with van der Waals surface area (Å²) < 4.78 is 0. The summed E-state index contributed by atoms with van der Waals surface area (Å²) in [6, 6.07) is 7.85. The minimum absolute atomic E-state index is 0.553. The van der Waals surface area contributed by atoms with Gasteiger partial charge in [0.05, 0.1) is 0 Å². The predicted octanol–water partition coefficient (Wildman–Crippen LogP) is 2.87. The standard InChI is InChI=1S/C17H28N2S/c1-5-18-16(17-12-20-10-9-19(17)4)11-15-13(2)7-6-8-14(15)3/h6-8,16-18H,5,9-12H2,1-4H3. The summed E-state index contributed by atoms with van der Waals surface area (Å²) in [5, 5.41) is 3.73. The molecule has 0 radical (unpaired) electrons. The molecule has 1 heterocycles. The van der Waals surface area contributed by atoms with Gasteiger partial charge in [0.2, 0.25) is 0 Å². The molecule has 0 bridgehead atoms. The Hall–Kier alpha value is -0.510. The van der Waals surface area contributed by atoms with E-state index >= 15 is 0 Å². The van der Waals surface area contributed by atoms with Crippen molar-refractivity contribution in [2.75, 3.05) is 31.6 Å². The van der Waals surface area contributed by atoms with Crippen LogP contribution < -0.4 is 5.32 Å². The highest BCUT2D eigenvalue weighted by Gasteiger charge is 2.28. The number of rotatable bonds is 5. The van der Waals surface area contributed by atoms with Crippen molar-refractivity contribution < 1.29 is 0 Å². The van der Waals surface area contributed by atoms with Crippen molar-refractivity contribution in [2.45, 2.75) is 39.3 Å². The van der Waals surface area contributed by atoms with Gasteiger partial charge in [-0.05, 0) is 50.6 Å². The predicted molar refractivity (Wildman–Crippen MR) is 90.8 cm³/mol. The number of likely N-dealkylation sites (N-methyl/N-ethyl adjacent to an activating group) is 2. The Bertz CT molecular complexity index is 413. The van der Waals surface area contributed by atoms with E-state index in [4.69, 9.17) is 0 Å². The van der Waals surface area contributed by atoms with E-state index in [-0.39, 0.29) is 0 Å². The molecule has 2 unspecified atom stereocenters. The molecule has 0 aromatic heterocycles. The highest BCUT2D eigenvalue weighted by molar-refractivity contribution is 7.99. The third-order valence-corrected chi connectivity index (χ3v) is 5.49. The van der Waals surface area contributed by atoms with Crippen LogP contribution in [0.1, 0.15) is 23.6 Å². The van der Waals surface area contributed by atoms with Gasteiger partial charge >= 0.3 is 0 Å². The molecule has 2 rings (SSSR count). The van der Waals surface area contributed by atoms with Gasteiger partial charge < -0.3 is 10.2 Å². The average Bonchev–Trinajstić information content (AvgIpc) is 2.43. The van der Waals surface area contributed by atoms with E-state index < -0.39 is 0 Å². The fourth-order valence-corrected chi connectivity index (χ4v) is 4.44. The Kier molecular flexibility index (Phi) is 5.94. The first-order valence-electron chi connectivity index (χ1n) is 7.70. The van der Waals surface area contributed by atoms with E-state index in [1.54, 1.807) is 0 Å². The van der Waals surface area contributed by atoms with Crippen molar-refractivity contribution in [2.24, 2.45) is 0 Å². The van der Waals surface area contributed by atoms with Gasteiger partial charge in [0.15, 0.2) is 0 Å². The van der Waals surface area contributed by atoms with Crippen LogP contribution in [0.25, 0.3) is 0 Å². The maximum absolute atomic E-state index is 3.73. The Morgan fingerprint density at radius 2 is 2.05 bits per heavy atom. The third kappa shape index (κ3) is 3.78. The van der Waals surface area contributed by atoms with E-state index in [0.29, 0.717) is 12.1 Å². The van der Waals surface area contributed by atoms with Crippen molar-refractivity contribution in [3.63, 3.8) is 0 Å². The SMILES string of the molecule is CCNC(Cc1c(C)cccc1C)C1CSCCN1C. The number of nitrogens with one attached hydrogen (secondary N) is 1. The number of hydrogen-bond donors (Lipinski definition) is 1. The minimum Gasteiger partial charge on any atom is -0.312 e. The average molecular weight is 292 g/mol. The second kappa shape index (κ2) is 7.48. The molecular formula is C17H28N2S. The van der Waals surface area contributed by atoms with Crippen molar-refractivity contribution in [3.8, 4) is 0 Å². The zero-order chi connectivity index (χ0) is 14.5. The molecule has 1 aromatic carbocycles. The lowest BCUT2D eigenvalue weighted by atomic mass is 9.93. The molecule has 1 fully saturated rings. The van der Waals surface area contributed by atoms with Gasteiger partial charge in [-0.2, -0.15) is 11.8 Å². The lowest BCUT2D eigenvalue weighted by Gasteiger charge is -2.38. The summed E-state index contributed by atoms with van der Waals surface area (Å²) in [6.45, 7) is 8.96. The van der Waals surface area contributed by atoms with Gasteiger partial charge in [0.1, 0.15) is 0 Å². The molecule has 1 aromatic rings. The van der Waals surface area contributed by atoms with Crippen LogP contribution in [0.3, 0.4) is 0 Å². The number of aryl methyl sites for hydroxylation is 2. The largest absolute Gasteiger partial charge is 0.312 e. The van der Waals surface area contributed by atoms with Crippen LogP contribution in [0.2, 0.25) is 0 Å². The molecule has 1 saturated heterocycles. The van der Waals surface area contributed by atoms with Crippen LogP contribution in [0.15, 0.2) is 18.2 Å². The van der Waals surface area contributed by atoms with Crippen LogP contribution >= 0.6 is 11.8 Å². The molecule has 1 aliphatic rings. The van der Waals surface area contributed by atoms with Gasteiger partial charge in [0.25, 0.3) is 0 Å². The van der Waals surface area contributed by atoms with E-state index in [9.17, 15) is 0 Å². The number of nitrogens with zero attached hydrogens (tertiary/aromatic N) is 1. The number of benzene rings is 1. The van der Waals surface area contributed by atoms with Crippen molar-refractivity contribution in [3.05, 3.63) is 34.9 Å². The Balaban J connectivity index is 2.16. The lowest BCUT2D eigenvalue weighted by Crippen LogP contribution is -2.53. The fourth-order valence-electron chi connectivity index (χ4n) is 3.13. The first-order chi connectivity index (χ1) is 9.63. The van der Waals surface area contributed by atoms with E-state index in [2.05, 4.69) is 68.0 Å². The quantitative estimate of drug-likeness (QED) is 0.898. The van der Waals surface area contributed by atoms with Crippen LogP contribution in [-0.2, 0) is 6.42 Å². The van der Waals surface area contributed by atoms with Crippen molar-refractivity contribution in [1.29, 1.82) is 0 Å². The fraction of sp³-hybridized carbons (Fsp3) is 0.647. The highest BCUT2D eigenvalue weighted by Crippen LogP contribution is 2.22. The molecule has 3 heteroatoms. The summed E-state index contributed by atoms with van der Waals surface area (Å²) in [5.41, 5.74) is 4.39. The Labute approximate surface area is 128 Å². The van der Waals surface area contributed by atoms with E-state index in [1.807, 2.05) is 0 Å². The van der Waals surface area contributed by atoms with Crippen LogP contribution in [0.5, 0.6) is 0 Å². The molecular weight excluding hydrogens is 264 g/mol. The van der Waals surface area contributed by atoms with E-state index in [0.717, 1.165) is 13.0 Å². The zero-order valence-corrected chi connectivity index (χ0v) is 14.1. The van der Waals surface area contributed by atoms with Crippen LogP contribution in [-0.4, -0.2) is 48.6 Å². The molecule has 1 N–H and O–H groups in total. The number of hydrogen-bond acceptors (Lipinski definition) is 3. The molecule has 20 heavy (non-hydrogen) atoms. The molecule has 0 amide bonds. The summed E-state index contributed by atoms with van der Waals surface area (Å²) >= 11 is 2.10. The monoisotopic (exact) mass is 292 g/mol. The lowest BCUT2D eigenvalue weighted by molar-refractivity contribution is 0.214. The van der Waals surface area contributed by atoms with Gasteiger partial charge in [-0.3, -0.25) is 0 Å². The van der Waals surface area contributed by atoms with Gasteiger partial charge in [-0.25, -0.2) is 0 Å². The Morgan fingerprint density at radius 3 is 2.65 bits per heavy atom. The second-order valence-corrected chi connectivity index (χ2v) is 7.01. The highest BCUT2D eigenvalue weighted by atomic mass is 32.2. The van der Waals surface area contributed by atoms with Crippen LogP contribution in [0, 0.1) is 13.8 Å². The van der Waals surface area contributed by atoms with Crippen molar-refractivity contribution in [1.82, 2.24) is 10.2 Å². The smallest absolute Gasteiger partial charge is 0.0340 e. The minimum atomic E-state index is 0.553. The topological polar surface area (TPSA) is 15.3 Å². The molecule has 0 spiro atoms. The van der Waals surface area contributed by atoms with Gasteiger partial charge in [0, 0.05) is 30.1 Å². The summed E-state index contributed by atoms with van der Waals surface area (Å²) in [6.07, 6.45) is 1.14. The van der Waals surface area contributed by atoms with Gasteiger partial charge in [-0.15, -0.1) is 0 Å². The molecule has 0 saturated carbocycles. The normalized spacial score (nSPS) is 21.9. The first kappa shape index (κ1) is 15.9. The van der Waals surface area contributed by atoms with E-state index in [1.165, 1.54) is 34.7 Å². The van der Waals surface area contributed by atoms with Crippen molar-refractivity contribution >= 4 is 11.8 Å². The summed E-state index contributed by atoms with van der Waals surface area (Å²) in [4.78, 5) is 2.54. The molecule has 0 aliphatic carbocycles. The molecule has 2 nitrogen and oxygen atoms in total. The Morgan fingerprint density at radius 1 is 1.35 bits per heavy atom. The van der Waals surface area contributed by atoms with Gasteiger partial charge in [-0.1, -0.05) is 25.1 Å². The molecule has 112 valence electrons. The maximum Gasteiger partial charge on any atom is 0.0340 e. The summed E-state index contributed by atoms with van der Waals surface area (Å²) in [7, 11) is 2.28. The molecule has 1 aliphatic heterocycles. The summed E-state index contributed by atoms with van der Waals surface area (Å²) in [5.74, 6) is 2.52. The zero-order valence-electron chi connectivity index (χ0n) is 13.3. The first-order valence-corrected chi connectivity index (χ1v) is 8.85. The number of thioether (sulfide) groups is 1.